The van der Waals surface area contributed by atoms with Crippen LogP contribution in [0.5, 0.6) is 0 Å². The number of oxazole rings is 1. The fourth-order valence-electron chi connectivity index (χ4n) is 1.18. The molecule has 2 N–H and O–H groups in total. The molecule has 1 aromatic rings. The SMILES string of the molecule is O=C(O)CCCC(=O)NCCc1cnco1. The van der Waals surface area contributed by atoms with Crippen molar-refractivity contribution in [2.24, 2.45) is 0 Å². The summed E-state index contributed by atoms with van der Waals surface area (Å²) in [5, 5.41) is 11.1. The molecule has 0 fully saturated rings. The van der Waals surface area contributed by atoms with Crippen LogP contribution in [0.15, 0.2) is 17.0 Å². The number of aromatic nitrogens is 1. The van der Waals surface area contributed by atoms with Gasteiger partial charge in [-0.15, -0.1) is 0 Å². The van der Waals surface area contributed by atoms with Crippen LogP contribution in [0.2, 0.25) is 0 Å². The largest absolute Gasteiger partial charge is 0.481 e. The second kappa shape index (κ2) is 6.60. The van der Waals surface area contributed by atoms with Crippen molar-refractivity contribution in [1.29, 1.82) is 0 Å². The highest BCUT2D eigenvalue weighted by Crippen LogP contribution is 1.97. The van der Waals surface area contributed by atoms with Gasteiger partial charge in [-0.05, 0) is 6.42 Å². The highest BCUT2D eigenvalue weighted by atomic mass is 16.4. The molecule has 88 valence electrons. The van der Waals surface area contributed by atoms with Gasteiger partial charge in [0.25, 0.3) is 0 Å². The van der Waals surface area contributed by atoms with Crippen LogP contribution in [0.4, 0.5) is 0 Å². The summed E-state index contributed by atoms with van der Waals surface area (Å²) in [4.78, 5) is 25.1. The molecule has 6 heteroatoms. The van der Waals surface area contributed by atoms with Crippen LogP contribution < -0.4 is 5.32 Å². The molecule has 1 rings (SSSR count). The standard InChI is InChI=1S/C10H14N2O4/c13-9(2-1-3-10(14)15)12-5-4-8-6-11-7-16-8/h6-7H,1-5H2,(H,12,13)(H,14,15). The average Bonchev–Trinajstić information content (AvgIpc) is 2.70. The maximum Gasteiger partial charge on any atom is 0.303 e. The Morgan fingerprint density at radius 2 is 2.25 bits per heavy atom. The maximum atomic E-state index is 11.2. The summed E-state index contributed by atoms with van der Waals surface area (Å²) < 4.78 is 4.99. The molecule has 0 aliphatic carbocycles. The predicted molar refractivity (Wildman–Crippen MR) is 54.7 cm³/mol. The van der Waals surface area contributed by atoms with Crippen molar-refractivity contribution in [2.45, 2.75) is 25.7 Å². The highest BCUT2D eigenvalue weighted by molar-refractivity contribution is 5.76. The van der Waals surface area contributed by atoms with Gasteiger partial charge in [-0.2, -0.15) is 0 Å². The van der Waals surface area contributed by atoms with Crippen LogP contribution in [-0.2, 0) is 16.0 Å². The lowest BCUT2D eigenvalue weighted by Gasteiger charge is -2.02. The maximum absolute atomic E-state index is 11.2. The number of hydrogen-bond acceptors (Lipinski definition) is 4. The minimum atomic E-state index is -0.880. The van der Waals surface area contributed by atoms with E-state index in [4.69, 9.17) is 9.52 Å². The normalized spacial score (nSPS) is 10.0. The fraction of sp³-hybridized carbons (Fsp3) is 0.500. The molecule has 0 spiro atoms. The smallest absolute Gasteiger partial charge is 0.303 e. The van der Waals surface area contributed by atoms with Crippen molar-refractivity contribution in [3.63, 3.8) is 0 Å². The molecule has 0 saturated heterocycles. The van der Waals surface area contributed by atoms with Crippen molar-refractivity contribution in [1.82, 2.24) is 10.3 Å². The van der Waals surface area contributed by atoms with Gasteiger partial charge in [-0.3, -0.25) is 9.59 Å². The Labute approximate surface area is 92.7 Å². The second-order valence-corrected chi connectivity index (χ2v) is 3.31. The lowest BCUT2D eigenvalue weighted by atomic mass is 10.2. The number of aliphatic carboxylic acids is 1. The Kier molecular flexibility index (Phi) is 5.04. The summed E-state index contributed by atoms with van der Waals surface area (Å²) in [5.41, 5.74) is 0. The lowest BCUT2D eigenvalue weighted by molar-refractivity contribution is -0.137. The van der Waals surface area contributed by atoms with Gasteiger partial charge in [0.15, 0.2) is 6.39 Å². The first-order valence-electron chi connectivity index (χ1n) is 5.04. The Balaban J connectivity index is 2.04. The number of carbonyl (C=O) groups excluding carboxylic acids is 1. The fourth-order valence-corrected chi connectivity index (χ4v) is 1.18. The molecule has 0 aromatic carbocycles. The molecule has 0 unspecified atom stereocenters. The van der Waals surface area contributed by atoms with E-state index in [0.717, 1.165) is 0 Å². The summed E-state index contributed by atoms with van der Waals surface area (Å²) in [7, 11) is 0. The van der Waals surface area contributed by atoms with Gasteiger partial charge in [-0.1, -0.05) is 0 Å². The van der Waals surface area contributed by atoms with Crippen LogP contribution in [0, 0.1) is 0 Å². The minimum absolute atomic E-state index is 0.0233. The van der Waals surface area contributed by atoms with Gasteiger partial charge in [0, 0.05) is 25.8 Å². The monoisotopic (exact) mass is 226 g/mol. The zero-order valence-electron chi connectivity index (χ0n) is 8.81. The van der Waals surface area contributed by atoms with Crippen molar-refractivity contribution in [3.05, 3.63) is 18.4 Å². The molecule has 0 saturated carbocycles. The number of hydrogen-bond donors (Lipinski definition) is 2. The molecular formula is C10H14N2O4. The van der Waals surface area contributed by atoms with E-state index in [1.54, 1.807) is 6.20 Å². The third kappa shape index (κ3) is 5.14. The van der Waals surface area contributed by atoms with E-state index in [1.165, 1.54) is 6.39 Å². The molecule has 0 aliphatic heterocycles. The zero-order chi connectivity index (χ0) is 11.8. The molecule has 0 atom stereocenters. The summed E-state index contributed by atoms with van der Waals surface area (Å²) >= 11 is 0. The van der Waals surface area contributed by atoms with E-state index in [-0.39, 0.29) is 18.7 Å². The Morgan fingerprint density at radius 1 is 1.44 bits per heavy atom. The molecule has 1 aromatic heterocycles. The average molecular weight is 226 g/mol. The molecule has 1 heterocycles. The first-order valence-corrected chi connectivity index (χ1v) is 5.04. The summed E-state index contributed by atoms with van der Waals surface area (Å²) in [6.07, 6.45) is 4.15. The lowest BCUT2D eigenvalue weighted by Crippen LogP contribution is -2.25. The molecular weight excluding hydrogens is 212 g/mol. The van der Waals surface area contributed by atoms with Crippen LogP contribution in [-0.4, -0.2) is 28.5 Å². The van der Waals surface area contributed by atoms with Gasteiger partial charge in [-0.25, -0.2) is 4.98 Å². The molecule has 1 amide bonds. The van der Waals surface area contributed by atoms with E-state index in [2.05, 4.69) is 10.3 Å². The van der Waals surface area contributed by atoms with Gasteiger partial charge < -0.3 is 14.8 Å². The van der Waals surface area contributed by atoms with Gasteiger partial charge in [0.1, 0.15) is 5.76 Å². The van der Waals surface area contributed by atoms with E-state index in [0.29, 0.717) is 25.1 Å². The Morgan fingerprint density at radius 3 is 2.88 bits per heavy atom. The number of nitrogens with one attached hydrogen (secondary N) is 1. The molecule has 6 nitrogen and oxygen atoms in total. The number of rotatable bonds is 7. The van der Waals surface area contributed by atoms with Gasteiger partial charge in [0.2, 0.25) is 5.91 Å². The summed E-state index contributed by atoms with van der Waals surface area (Å²) in [6.45, 7) is 0.473. The number of nitrogens with zero attached hydrogens (tertiary/aromatic N) is 1. The van der Waals surface area contributed by atoms with Crippen molar-refractivity contribution in [2.75, 3.05) is 6.54 Å². The molecule has 16 heavy (non-hydrogen) atoms. The quantitative estimate of drug-likeness (QED) is 0.709. The topological polar surface area (TPSA) is 92.4 Å². The summed E-state index contributed by atoms with van der Waals surface area (Å²) in [5.74, 6) is -0.305. The molecule has 0 radical (unpaired) electrons. The minimum Gasteiger partial charge on any atom is -0.481 e. The Hall–Kier alpha value is -1.85. The van der Waals surface area contributed by atoms with Gasteiger partial charge >= 0.3 is 5.97 Å². The third-order valence-electron chi connectivity index (χ3n) is 1.97. The Bertz CT molecular complexity index is 335. The van der Waals surface area contributed by atoms with Crippen LogP contribution in [0.1, 0.15) is 25.0 Å². The van der Waals surface area contributed by atoms with Crippen molar-refractivity contribution < 1.29 is 19.1 Å². The second-order valence-electron chi connectivity index (χ2n) is 3.31. The van der Waals surface area contributed by atoms with E-state index >= 15 is 0 Å². The van der Waals surface area contributed by atoms with Gasteiger partial charge in [0.05, 0.1) is 6.20 Å². The van der Waals surface area contributed by atoms with Crippen molar-refractivity contribution in [3.8, 4) is 0 Å². The number of carboxylic acid groups (broad SMARTS) is 1. The zero-order valence-corrected chi connectivity index (χ0v) is 8.81. The first kappa shape index (κ1) is 12.2. The highest BCUT2D eigenvalue weighted by Gasteiger charge is 2.03. The summed E-state index contributed by atoms with van der Waals surface area (Å²) in [6, 6.07) is 0. The van der Waals surface area contributed by atoms with Crippen molar-refractivity contribution >= 4 is 11.9 Å². The van der Waals surface area contributed by atoms with Crippen LogP contribution >= 0.6 is 0 Å². The van der Waals surface area contributed by atoms with Crippen LogP contribution in [0.3, 0.4) is 0 Å². The number of amides is 1. The van der Waals surface area contributed by atoms with E-state index in [9.17, 15) is 9.59 Å². The third-order valence-corrected chi connectivity index (χ3v) is 1.97. The number of carboxylic acids is 1. The number of carbonyl (C=O) groups is 2. The molecule has 0 bridgehead atoms. The van der Waals surface area contributed by atoms with E-state index < -0.39 is 5.97 Å². The molecule has 0 aliphatic rings. The first-order chi connectivity index (χ1) is 7.68. The van der Waals surface area contributed by atoms with Crippen LogP contribution in [0.25, 0.3) is 0 Å². The van der Waals surface area contributed by atoms with E-state index in [1.807, 2.05) is 0 Å². The predicted octanol–water partition coefficient (Wildman–Crippen LogP) is 0.588.